The van der Waals surface area contributed by atoms with Crippen molar-refractivity contribution >= 4 is 40.6 Å². The van der Waals surface area contributed by atoms with E-state index in [0.29, 0.717) is 38.7 Å². The molecule has 0 bridgehead atoms. The number of nitrogens with one attached hydrogen (secondary N) is 1. The third-order valence-corrected chi connectivity index (χ3v) is 6.13. The lowest BCUT2D eigenvalue weighted by Crippen LogP contribution is -2.16. The first-order chi connectivity index (χ1) is 15.1. The van der Waals surface area contributed by atoms with E-state index in [9.17, 15) is 5.11 Å². The predicted molar refractivity (Wildman–Crippen MR) is 132 cm³/mol. The Hall–Kier alpha value is -2.05. The quantitative estimate of drug-likeness (QED) is 0.341. The van der Waals surface area contributed by atoms with Gasteiger partial charge in [0.05, 0.1) is 18.4 Å². The summed E-state index contributed by atoms with van der Waals surface area (Å²) < 4.78 is 5.30. The van der Waals surface area contributed by atoms with Crippen molar-refractivity contribution in [3.8, 4) is 17.3 Å². The van der Waals surface area contributed by atoms with Crippen molar-refractivity contribution in [3.63, 3.8) is 0 Å². The molecule has 0 saturated heterocycles. The van der Waals surface area contributed by atoms with Crippen LogP contribution in [0.3, 0.4) is 0 Å². The van der Waals surface area contributed by atoms with Gasteiger partial charge in [0.1, 0.15) is 5.82 Å². The lowest BCUT2D eigenvalue weighted by atomic mass is 9.93. The standard InChI is InChI=1S/C24H26Cl3N3O2/c1-14-10-16(11-18(22(14)27)24(2,3)31)20-13-21(30-23(29-20)32-4)28-9-5-6-15-7-8-17(25)12-19(15)26/h7-8,10-13,31H,5-6,9H2,1-4H3,(H,28,29,30). The molecular weight excluding hydrogens is 469 g/mol. The second kappa shape index (κ2) is 10.3. The molecule has 170 valence electrons. The Bertz CT molecular complexity index is 1110. The fourth-order valence-corrected chi connectivity index (χ4v) is 4.18. The number of methoxy groups -OCH3 is 1. The minimum atomic E-state index is -1.08. The molecule has 0 radical (unpaired) electrons. The van der Waals surface area contributed by atoms with Gasteiger partial charge < -0.3 is 15.2 Å². The van der Waals surface area contributed by atoms with Gasteiger partial charge in [-0.1, -0.05) is 40.9 Å². The van der Waals surface area contributed by atoms with E-state index in [1.165, 1.54) is 7.11 Å². The fraction of sp³-hybridized carbons (Fsp3) is 0.333. The van der Waals surface area contributed by atoms with Crippen molar-refractivity contribution < 1.29 is 9.84 Å². The molecular formula is C24H26Cl3N3O2. The maximum absolute atomic E-state index is 10.5. The maximum Gasteiger partial charge on any atom is 0.318 e. The summed E-state index contributed by atoms with van der Waals surface area (Å²) in [6.07, 6.45) is 1.66. The third kappa shape index (κ3) is 6.04. The van der Waals surface area contributed by atoms with E-state index in [4.69, 9.17) is 39.5 Å². The van der Waals surface area contributed by atoms with Crippen LogP contribution >= 0.6 is 34.8 Å². The van der Waals surface area contributed by atoms with Crippen molar-refractivity contribution in [3.05, 3.63) is 68.2 Å². The molecule has 3 aromatic rings. The number of aryl methyl sites for hydroxylation is 2. The van der Waals surface area contributed by atoms with Crippen molar-refractivity contribution in [2.75, 3.05) is 19.0 Å². The molecule has 8 heteroatoms. The molecule has 0 amide bonds. The van der Waals surface area contributed by atoms with E-state index in [0.717, 1.165) is 29.5 Å². The number of aromatic nitrogens is 2. The Balaban J connectivity index is 1.79. The summed E-state index contributed by atoms with van der Waals surface area (Å²) in [6.45, 7) is 6.00. The van der Waals surface area contributed by atoms with Gasteiger partial charge >= 0.3 is 6.01 Å². The second-order valence-electron chi connectivity index (χ2n) is 8.10. The van der Waals surface area contributed by atoms with E-state index in [2.05, 4.69) is 15.3 Å². The number of anilines is 1. The number of hydrogen-bond donors (Lipinski definition) is 2. The smallest absolute Gasteiger partial charge is 0.318 e. The number of benzene rings is 2. The van der Waals surface area contributed by atoms with Crippen LogP contribution < -0.4 is 10.1 Å². The molecule has 2 aromatic carbocycles. The van der Waals surface area contributed by atoms with Crippen molar-refractivity contribution in [1.82, 2.24) is 9.97 Å². The zero-order chi connectivity index (χ0) is 23.5. The van der Waals surface area contributed by atoms with Crippen molar-refractivity contribution in [2.45, 2.75) is 39.2 Å². The minimum absolute atomic E-state index is 0.253. The Kier molecular flexibility index (Phi) is 7.88. The Morgan fingerprint density at radius 1 is 1.06 bits per heavy atom. The van der Waals surface area contributed by atoms with Gasteiger partial charge in [0, 0.05) is 38.8 Å². The van der Waals surface area contributed by atoms with Crippen molar-refractivity contribution in [1.29, 1.82) is 0 Å². The van der Waals surface area contributed by atoms with Gasteiger partial charge in [-0.15, -0.1) is 0 Å². The van der Waals surface area contributed by atoms with Crippen LogP contribution in [-0.2, 0) is 12.0 Å². The molecule has 0 unspecified atom stereocenters. The number of nitrogens with zero attached hydrogens (tertiary/aromatic N) is 2. The summed E-state index contributed by atoms with van der Waals surface area (Å²) in [4.78, 5) is 8.88. The average molecular weight is 495 g/mol. The summed E-state index contributed by atoms with van der Waals surface area (Å²) in [5.41, 5.74) is 2.95. The van der Waals surface area contributed by atoms with E-state index >= 15 is 0 Å². The van der Waals surface area contributed by atoms with Crippen LogP contribution in [0.1, 0.15) is 37.0 Å². The molecule has 5 nitrogen and oxygen atoms in total. The normalized spacial score (nSPS) is 11.5. The number of halogens is 3. The number of ether oxygens (including phenoxy) is 1. The zero-order valence-corrected chi connectivity index (χ0v) is 20.7. The van der Waals surface area contributed by atoms with Crippen molar-refractivity contribution in [2.24, 2.45) is 0 Å². The van der Waals surface area contributed by atoms with Gasteiger partial charge in [0.25, 0.3) is 0 Å². The first-order valence-electron chi connectivity index (χ1n) is 10.2. The molecule has 32 heavy (non-hydrogen) atoms. The third-order valence-electron chi connectivity index (χ3n) is 5.04. The van der Waals surface area contributed by atoms with Crippen LogP contribution in [0.5, 0.6) is 6.01 Å². The Morgan fingerprint density at radius 2 is 1.81 bits per heavy atom. The molecule has 0 saturated carbocycles. The second-order valence-corrected chi connectivity index (χ2v) is 9.33. The van der Waals surface area contributed by atoms with Crippen LogP contribution in [0.15, 0.2) is 36.4 Å². The van der Waals surface area contributed by atoms with Gasteiger partial charge in [-0.25, -0.2) is 0 Å². The first kappa shape index (κ1) is 24.6. The number of rotatable bonds is 8. The van der Waals surface area contributed by atoms with Gasteiger partial charge in [-0.2, -0.15) is 9.97 Å². The van der Waals surface area contributed by atoms with Gasteiger partial charge in [0.15, 0.2) is 0 Å². The molecule has 3 rings (SSSR count). The Morgan fingerprint density at radius 3 is 2.47 bits per heavy atom. The average Bonchev–Trinajstić information content (AvgIpc) is 2.73. The molecule has 1 heterocycles. The maximum atomic E-state index is 10.5. The molecule has 0 aliphatic rings. The molecule has 0 spiro atoms. The van der Waals surface area contributed by atoms with E-state index in [-0.39, 0.29) is 6.01 Å². The van der Waals surface area contributed by atoms with E-state index < -0.39 is 5.60 Å². The molecule has 0 fully saturated rings. The van der Waals surface area contributed by atoms with Gasteiger partial charge in [0.2, 0.25) is 0 Å². The molecule has 0 atom stereocenters. The van der Waals surface area contributed by atoms with Crippen LogP contribution in [0, 0.1) is 6.92 Å². The van der Waals surface area contributed by atoms with Gasteiger partial charge in [-0.3, -0.25) is 0 Å². The highest BCUT2D eigenvalue weighted by molar-refractivity contribution is 6.35. The predicted octanol–water partition coefficient (Wildman–Crippen LogP) is 6.69. The largest absolute Gasteiger partial charge is 0.467 e. The first-order valence-corrected chi connectivity index (χ1v) is 11.4. The van der Waals surface area contributed by atoms with Crippen LogP contribution in [-0.4, -0.2) is 28.7 Å². The molecule has 2 N–H and O–H groups in total. The summed E-state index contributed by atoms with van der Waals surface area (Å²) in [5.74, 6) is 0.645. The van der Waals surface area contributed by atoms with E-state index in [1.807, 2.05) is 37.3 Å². The summed E-state index contributed by atoms with van der Waals surface area (Å²) >= 11 is 18.6. The van der Waals surface area contributed by atoms with Gasteiger partial charge in [-0.05, 0) is 69.0 Å². The lowest BCUT2D eigenvalue weighted by molar-refractivity contribution is 0.0787. The number of aliphatic hydroxyl groups is 1. The topological polar surface area (TPSA) is 67.3 Å². The molecule has 0 aliphatic heterocycles. The highest BCUT2D eigenvalue weighted by atomic mass is 35.5. The highest BCUT2D eigenvalue weighted by Gasteiger charge is 2.22. The monoisotopic (exact) mass is 493 g/mol. The highest BCUT2D eigenvalue weighted by Crippen LogP contribution is 2.35. The molecule has 0 aliphatic carbocycles. The van der Waals surface area contributed by atoms with E-state index in [1.54, 1.807) is 19.9 Å². The molecule has 1 aromatic heterocycles. The lowest BCUT2D eigenvalue weighted by Gasteiger charge is -2.22. The summed E-state index contributed by atoms with van der Waals surface area (Å²) in [5, 5.41) is 15.7. The fourth-order valence-electron chi connectivity index (χ4n) is 3.34. The minimum Gasteiger partial charge on any atom is -0.467 e. The van der Waals surface area contributed by atoms with Crippen LogP contribution in [0.2, 0.25) is 15.1 Å². The Labute approximate surface area is 203 Å². The summed E-state index contributed by atoms with van der Waals surface area (Å²) in [6, 6.07) is 11.4. The number of hydrogen-bond acceptors (Lipinski definition) is 5. The zero-order valence-electron chi connectivity index (χ0n) is 18.5. The van der Waals surface area contributed by atoms with Crippen LogP contribution in [0.25, 0.3) is 11.3 Å². The SMILES string of the molecule is COc1nc(NCCCc2ccc(Cl)cc2Cl)cc(-c2cc(C)c(Cl)c(C(C)(C)O)c2)n1. The summed E-state index contributed by atoms with van der Waals surface area (Å²) in [7, 11) is 1.53. The van der Waals surface area contributed by atoms with Crippen LogP contribution in [0.4, 0.5) is 5.82 Å².